The molecule has 3 N–H and O–H groups in total. The highest BCUT2D eigenvalue weighted by atomic mass is 35.5. The standard InChI is InChI=1S/C16H15ClN4O3/c17-12-4-1-2-5-13(12)21-10-11(8-19-21)20-16(23)18-9-14(22)15-6-3-7-24-15/h1-8,10,14,22H,9H2,(H2,18,20,23)/t14-/m0/s1. The van der Waals surface area contributed by atoms with Crippen LogP contribution in [0.1, 0.15) is 11.9 Å². The van der Waals surface area contributed by atoms with Crippen LogP contribution in [0.15, 0.2) is 59.5 Å². The van der Waals surface area contributed by atoms with Gasteiger partial charge in [-0.15, -0.1) is 0 Å². The number of carbonyl (C=O) groups is 1. The Morgan fingerprint density at radius 1 is 1.33 bits per heavy atom. The largest absolute Gasteiger partial charge is 0.467 e. The highest BCUT2D eigenvalue weighted by molar-refractivity contribution is 6.32. The van der Waals surface area contributed by atoms with Crippen LogP contribution in [-0.2, 0) is 0 Å². The van der Waals surface area contributed by atoms with Gasteiger partial charge in [-0.05, 0) is 24.3 Å². The molecule has 2 aromatic heterocycles. The summed E-state index contributed by atoms with van der Waals surface area (Å²) in [5, 5.41) is 19.7. The predicted octanol–water partition coefficient (Wildman–Crippen LogP) is 2.97. The van der Waals surface area contributed by atoms with Gasteiger partial charge in [-0.3, -0.25) is 0 Å². The highest BCUT2D eigenvalue weighted by Gasteiger charge is 2.12. The van der Waals surface area contributed by atoms with Crippen molar-refractivity contribution >= 4 is 23.3 Å². The molecule has 3 rings (SSSR count). The number of aliphatic hydroxyl groups is 1. The first-order valence-corrected chi connectivity index (χ1v) is 7.57. The van der Waals surface area contributed by atoms with E-state index in [1.54, 1.807) is 29.1 Å². The lowest BCUT2D eigenvalue weighted by molar-refractivity contribution is 0.149. The molecule has 1 atom stereocenters. The molecule has 2 heterocycles. The number of urea groups is 1. The van der Waals surface area contributed by atoms with Crippen LogP contribution in [0.3, 0.4) is 0 Å². The number of benzene rings is 1. The van der Waals surface area contributed by atoms with Crippen LogP contribution in [0.25, 0.3) is 5.69 Å². The van der Waals surface area contributed by atoms with Gasteiger partial charge < -0.3 is 20.2 Å². The van der Waals surface area contributed by atoms with E-state index in [0.717, 1.165) is 0 Å². The molecule has 8 heteroatoms. The SMILES string of the molecule is O=C(NC[C@H](O)c1ccco1)Nc1cnn(-c2ccccc2Cl)c1. The fourth-order valence-electron chi connectivity index (χ4n) is 2.10. The van der Waals surface area contributed by atoms with Crippen molar-refractivity contribution in [1.82, 2.24) is 15.1 Å². The quantitative estimate of drug-likeness (QED) is 0.662. The van der Waals surface area contributed by atoms with Crippen molar-refractivity contribution in [2.24, 2.45) is 0 Å². The number of anilines is 1. The fourth-order valence-corrected chi connectivity index (χ4v) is 2.33. The summed E-state index contributed by atoms with van der Waals surface area (Å²) in [5.74, 6) is 0.391. The summed E-state index contributed by atoms with van der Waals surface area (Å²) in [6.07, 6.45) is 3.70. The third-order valence-electron chi connectivity index (χ3n) is 3.27. The van der Waals surface area contributed by atoms with E-state index in [0.29, 0.717) is 22.2 Å². The smallest absolute Gasteiger partial charge is 0.319 e. The minimum atomic E-state index is -0.906. The van der Waals surface area contributed by atoms with Gasteiger partial charge in [0.2, 0.25) is 0 Å². The van der Waals surface area contributed by atoms with Gasteiger partial charge in [-0.25, -0.2) is 9.48 Å². The number of nitrogens with one attached hydrogen (secondary N) is 2. The van der Waals surface area contributed by atoms with Crippen LogP contribution in [0, 0.1) is 0 Å². The summed E-state index contributed by atoms with van der Waals surface area (Å²) in [6, 6.07) is 10.1. The third kappa shape index (κ3) is 3.76. The Kier molecular flexibility index (Phi) is 4.83. The number of hydrogen-bond acceptors (Lipinski definition) is 4. The molecule has 3 aromatic rings. The van der Waals surface area contributed by atoms with Gasteiger partial charge in [0.25, 0.3) is 0 Å². The van der Waals surface area contributed by atoms with E-state index < -0.39 is 12.1 Å². The van der Waals surface area contributed by atoms with Crippen LogP contribution in [0.4, 0.5) is 10.5 Å². The molecule has 0 saturated heterocycles. The second kappa shape index (κ2) is 7.20. The van der Waals surface area contributed by atoms with Gasteiger partial charge in [0.1, 0.15) is 11.9 Å². The molecule has 124 valence electrons. The van der Waals surface area contributed by atoms with Gasteiger partial charge in [0, 0.05) is 0 Å². The van der Waals surface area contributed by atoms with Gasteiger partial charge in [0.05, 0.1) is 41.6 Å². The third-order valence-corrected chi connectivity index (χ3v) is 3.59. The summed E-state index contributed by atoms with van der Waals surface area (Å²) in [4.78, 5) is 11.9. The minimum Gasteiger partial charge on any atom is -0.467 e. The fraction of sp³-hybridized carbons (Fsp3) is 0.125. The molecule has 0 bridgehead atoms. The number of halogens is 1. The molecule has 0 radical (unpaired) electrons. The molecule has 0 fully saturated rings. The zero-order valence-corrected chi connectivity index (χ0v) is 13.3. The van der Waals surface area contributed by atoms with Crippen molar-refractivity contribution in [3.05, 3.63) is 65.8 Å². The lowest BCUT2D eigenvalue weighted by Gasteiger charge is -2.09. The zero-order valence-electron chi connectivity index (χ0n) is 12.5. The van der Waals surface area contributed by atoms with Crippen LogP contribution >= 0.6 is 11.6 Å². The normalized spacial score (nSPS) is 11.9. The molecule has 0 unspecified atom stereocenters. The Bertz CT molecular complexity index is 816. The van der Waals surface area contributed by atoms with Gasteiger partial charge in [-0.1, -0.05) is 23.7 Å². The molecule has 0 spiro atoms. The van der Waals surface area contributed by atoms with E-state index in [4.69, 9.17) is 16.0 Å². The molecule has 0 aliphatic rings. The molecule has 7 nitrogen and oxygen atoms in total. The van der Waals surface area contributed by atoms with E-state index >= 15 is 0 Å². The first-order valence-electron chi connectivity index (χ1n) is 7.19. The molecular formula is C16H15ClN4O3. The molecule has 2 amide bonds. The lowest BCUT2D eigenvalue weighted by Crippen LogP contribution is -2.32. The maximum Gasteiger partial charge on any atom is 0.319 e. The number of furan rings is 1. The number of aromatic nitrogens is 2. The van der Waals surface area contributed by atoms with E-state index in [9.17, 15) is 9.90 Å². The summed E-state index contributed by atoms with van der Waals surface area (Å²) >= 11 is 6.11. The number of rotatable bonds is 5. The van der Waals surface area contributed by atoms with Gasteiger partial charge in [-0.2, -0.15) is 5.10 Å². The van der Waals surface area contributed by atoms with Crippen LogP contribution < -0.4 is 10.6 Å². The van der Waals surface area contributed by atoms with Crippen molar-refractivity contribution in [3.8, 4) is 5.69 Å². The molecule has 24 heavy (non-hydrogen) atoms. The topological polar surface area (TPSA) is 92.3 Å². The molecular weight excluding hydrogens is 332 g/mol. The minimum absolute atomic E-state index is 0.0258. The Morgan fingerprint density at radius 2 is 2.17 bits per heavy atom. The molecule has 0 saturated carbocycles. The Morgan fingerprint density at radius 3 is 2.92 bits per heavy atom. The van der Waals surface area contributed by atoms with Crippen molar-refractivity contribution in [3.63, 3.8) is 0 Å². The monoisotopic (exact) mass is 346 g/mol. The van der Waals surface area contributed by atoms with Crippen LogP contribution in [0.5, 0.6) is 0 Å². The Labute approximate surface area is 142 Å². The van der Waals surface area contributed by atoms with Crippen molar-refractivity contribution in [2.75, 3.05) is 11.9 Å². The van der Waals surface area contributed by atoms with E-state index in [1.165, 1.54) is 12.5 Å². The number of nitrogens with zero attached hydrogens (tertiary/aromatic N) is 2. The second-order valence-electron chi connectivity index (χ2n) is 4.99. The maximum atomic E-state index is 11.9. The molecule has 0 aliphatic carbocycles. The second-order valence-corrected chi connectivity index (χ2v) is 5.40. The van der Waals surface area contributed by atoms with E-state index in [1.807, 2.05) is 18.2 Å². The van der Waals surface area contributed by atoms with E-state index in [2.05, 4.69) is 15.7 Å². The number of amides is 2. The maximum absolute atomic E-state index is 11.9. The average Bonchev–Trinajstić information content (AvgIpc) is 3.25. The lowest BCUT2D eigenvalue weighted by atomic mass is 10.3. The number of carbonyl (C=O) groups excluding carboxylic acids is 1. The zero-order chi connectivity index (χ0) is 16.9. The number of para-hydroxylation sites is 1. The summed E-state index contributed by atoms with van der Waals surface area (Å²) < 4.78 is 6.63. The number of hydrogen-bond donors (Lipinski definition) is 3. The summed E-state index contributed by atoms with van der Waals surface area (Å²) in [6.45, 7) is 0.0258. The first kappa shape index (κ1) is 16.1. The van der Waals surface area contributed by atoms with Gasteiger partial charge >= 0.3 is 6.03 Å². The molecule has 1 aromatic carbocycles. The van der Waals surface area contributed by atoms with Crippen molar-refractivity contribution in [1.29, 1.82) is 0 Å². The first-order chi connectivity index (χ1) is 11.6. The molecule has 0 aliphatic heterocycles. The highest BCUT2D eigenvalue weighted by Crippen LogP contribution is 2.20. The van der Waals surface area contributed by atoms with Gasteiger partial charge in [0.15, 0.2) is 0 Å². The number of aliphatic hydroxyl groups excluding tert-OH is 1. The van der Waals surface area contributed by atoms with Crippen molar-refractivity contribution in [2.45, 2.75) is 6.10 Å². The van der Waals surface area contributed by atoms with Crippen molar-refractivity contribution < 1.29 is 14.3 Å². The average molecular weight is 347 g/mol. The Hall–Kier alpha value is -2.77. The van der Waals surface area contributed by atoms with Crippen LogP contribution in [-0.4, -0.2) is 27.5 Å². The van der Waals surface area contributed by atoms with E-state index in [-0.39, 0.29) is 6.54 Å². The van der Waals surface area contributed by atoms with Crippen LogP contribution in [0.2, 0.25) is 5.02 Å². The Balaban J connectivity index is 1.57. The summed E-state index contributed by atoms with van der Waals surface area (Å²) in [5.41, 5.74) is 1.21. The summed E-state index contributed by atoms with van der Waals surface area (Å²) in [7, 11) is 0. The predicted molar refractivity (Wildman–Crippen MR) is 89.3 cm³/mol.